The Morgan fingerprint density at radius 1 is 0.977 bits per heavy atom. The lowest BCUT2D eigenvalue weighted by Gasteiger charge is -2.30. The molecule has 7 rings (SSSR count). The minimum atomic E-state index is -4.92. The monoisotopic (exact) mass is 654 g/mol. The van der Waals surface area contributed by atoms with Crippen molar-refractivity contribution in [1.29, 1.82) is 0 Å². The first kappa shape index (κ1) is 29.9. The zero-order valence-electron chi connectivity index (χ0n) is 23.1. The molecule has 6 heterocycles. The highest BCUT2D eigenvalue weighted by molar-refractivity contribution is 7.79. The van der Waals surface area contributed by atoms with E-state index < -0.39 is 90.7 Å². The Hall–Kier alpha value is -2.80. The number of aryl methyl sites for hydroxylation is 1. The van der Waals surface area contributed by atoms with Gasteiger partial charge in [0.1, 0.15) is 49.9 Å². The average Bonchev–Trinajstić information content (AvgIpc) is 3.72. The van der Waals surface area contributed by atoms with E-state index in [2.05, 4.69) is 19.9 Å². The highest BCUT2D eigenvalue weighted by Gasteiger charge is 2.52. The highest BCUT2D eigenvalue weighted by atomic mass is 31.2. The van der Waals surface area contributed by atoms with Gasteiger partial charge in [0.15, 0.2) is 23.6 Å². The Labute approximate surface area is 249 Å². The van der Waals surface area contributed by atoms with E-state index in [0.717, 1.165) is 0 Å². The van der Waals surface area contributed by atoms with Crippen LogP contribution in [0.3, 0.4) is 0 Å². The van der Waals surface area contributed by atoms with E-state index >= 15 is 0 Å². The average molecular weight is 654 g/mol. The molecule has 0 saturated carbocycles. The van der Waals surface area contributed by atoms with E-state index in [4.69, 9.17) is 27.6 Å². The largest absolute Gasteiger partial charge is 1.00 e. The van der Waals surface area contributed by atoms with Crippen LogP contribution in [0.2, 0.25) is 0 Å². The van der Waals surface area contributed by atoms with Crippen LogP contribution in [0.25, 0.3) is 22.2 Å². The molecule has 0 radical (unpaired) electrons. The Morgan fingerprint density at radius 2 is 1.70 bits per heavy atom. The first-order valence-electron chi connectivity index (χ1n) is 13.0. The fraction of sp³-hybridized carbons (Fsp3) is 0.478. The molecule has 0 amide bonds. The minimum absolute atomic E-state index is 0. The molecule has 4 unspecified atom stereocenters. The number of aliphatic hydroxyl groups is 2. The zero-order valence-corrected chi connectivity index (χ0v) is 23.9. The fourth-order valence-electron chi connectivity index (χ4n) is 5.43. The second-order valence-electron chi connectivity index (χ2n) is 10.2. The van der Waals surface area contributed by atoms with Crippen molar-refractivity contribution in [3.63, 3.8) is 0 Å². The molecule has 3 saturated heterocycles. The minimum Gasteiger partial charge on any atom is -0.387 e. The number of phosphoric acid groups is 1. The van der Waals surface area contributed by atoms with Crippen LogP contribution in [0.5, 0.6) is 0 Å². The van der Waals surface area contributed by atoms with Gasteiger partial charge in [-0.15, -0.1) is 0 Å². The van der Waals surface area contributed by atoms with Crippen molar-refractivity contribution in [2.75, 3.05) is 13.2 Å². The summed E-state index contributed by atoms with van der Waals surface area (Å²) in [7, 11) is -9.93. The summed E-state index contributed by atoms with van der Waals surface area (Å²) in [6.07, 6.45) is -7.84. The van der Waals surface area contributed by atoms with Gasteiger partial charge < -0.3 is 47.7 Å². The molecule has 18 nitrogen and oxygen atoms in total. The molecule has 236 valence electrons. The number of para-hydroxylation sites is 2. The molecule has 1 aromatic carbocycles. The molecule has 21 heteroatoms. The number of rotatable bonds is 2. The molecular weight excluding hydrogens is 625 g/mol. The van der Waals surface area contributed by atoms with Crippen molar-refractivity contribution in [3.8, 4) is 0 Å². The van der Waals surface area contributed by atoms with E-state index in [9.17, 15) is 29.0 Å². The van der Waals surface area contributed by atoms with Gasteiger partial charge in [0.2, 0.25) is 0 Å². The van der Waals surface area contributed by atoms with E-state index in [1.807, 2.05) is 0 Å². The molecule has 44 heavy (non-hydrogen) atoms. The van der Waals surface area contributed by atoms with Crippen molar-refractivity contribution in [3.05, 3.63) is 53.1 Å². The number of ether oxygens (including phenoxy) is 2. The molecule has 3 aromatic heterocycles. The van der Waals surface area contributed by atoms with Gasteiger partial charge >= 0.3 is 9.25 Å². The lowest BCUT2D eigenvalue weighted by molar-refractivity contribution is -0.0620. The molecule has 3 aliphatic heterocycles. The fourth-order valence-corrected chi connectivity index (χ4v) is 7.15. The topological polar surface area (TPSA) is 232 Å². The number of H-pyrrole nitrogens is 1. The molecule has 2 bridgehead atoms. The van der Waals surface area contributed by atoms with Gasteiger partial charge in [-0.05, 0) is 19.1 Å². The maximum Gasteiger partial charge on any atom is 1.00 e. The normalized spacial score (nSPS) is 38.3. The maximum absolute atomic E-state index is 13.8. The third-order valence-corrected chi connectivity index (χ3v) is 9.17. The Kier molecular flexibility index (Phi) is 7.42. The second-order valence-corrected chi connectivity index (χ2v) is 12.5. The van der Waals surface area contributed by atoms with Gasteiger partial charge in [-0.1, -0.05) is 12.1 Å². The third kappa shape index (κ3) is 5.27. The number of nitrogens with one attached hydrogen (secondary N) is 1. The van der Waals surface area contributed by atoms with Crippen LogP contribution in [0.15, 0.2) is 41.7 Å². The molecule has 4 N–H and O–H groups in total. The number of aliphatic hydroxyl groups excluding tert-OH is 2. The number of aromatic amines is 1. The number of hydrogen-bond donors (Lipinski definition) is 4. The summed E-state index contributed by atoms with van der Waals surface area (Å²) in [5, 5.41) is 22.4. The summed E-state index contributed by atoms with van der Waals surface area (Å²) in [6, 6.07) is 7.12. The Bertz CT molecular complexity index is 1890. The van der Waals surface area contributed by atoms with Crippen LogP contribution in [0.4, 0.5) is 0 Å². The summed E-state index contributed by atoms with van der Waals surface area (Å²) < 4.78 is 64.1. The summed E-state index contributed by atoms with van der Waals surface area (Å²) in [5.41, 5.74) is 0.871. The predicted molar refractivity (Wildman–Crippen MR) is 153 cm³/mol. The summed E-state index contributed by atoms with van der Waals surface area (Å²) in [5.74, 6) is 0.291. The summed E-state index contributed by atoms with van der Waals surface area (Å²) in [6.45, 7) is 0.466. The SMILES string of the molecule is [BH3-]P1(=O)OC[C@H]2O[C@@H](n3cnc4ccccc43)[C@@H](O)C2OP(=O)(O)OC[C@H]2O[C@@H](n3cnc4c(=O)[nH]c(C)nc43)[C@@H](O1)C2O.[H+]. The zero-order chi connectivity index (χ0) is 31.0. The lowest BCUT2D eigenvalue weighted by atomic mass is 10.1. The van der Waals surface area contributed by atoms with E-state index in [-0.39, 0.29) is 12.6 Å². The van der Waals surface area contributed by atoms with Gasteiger partial charge in [0.05, 0.1) is 44.5 Å². The third-order valence-electron chi connectivity index (χ3n) is 7.41. The molecule has 4 aromatic rings. The van der Waals surface area contributed by atoms with Crippen molar-refractivity contribution >= 4 is 45.1 Å². The first-order valence-corrected chi connectivity index (χ1v) is 15.6. The molecule has 3 fully saturated rings. The Balaban J connectivity index is 0.00000357. The smallest absolute Gasteiger partial charge is 0.387 e. The number of aromatic nitrogens is 6. The van der Waals surface area contributed by atoms with Gasteiger partial charge in [0, 0.05) is 0 Å². The van der Waals surface area contributed by atoms with E-state index in [0.29, 0.717) is 16.9 Å². The van der Waals surface area contributed by atoms with Gasteiger partial charge in [0.25, 0.3) is 5.56 Å². The highest BCUT2D eigenvalue weighted by Crippen LogP contribution is 2.53. The predicted octanol–water partition coefficient (Wildman–Crippen LogP) is -0.502. The van der Waals surface area contributed by atoms with Crippen LogP contribution >= 0.6 is 15.3 Å². The molecular formula is C23H29BN6O12P2. The van der Waals surface area contributed by atoms with Gasteiger partial charge in [-0.2, -0.15) is 0 Å². The number of hydrogen-bond acceptors (Lipinski definition) is 14. The van der Waals surface area contributed by atoms with Crippen LogP contribution in [0, 0.1) is 6.92 Å². The van der Waals surface area contributed by atoms with Crippen LogP contribution in [-0.2, 0) is 36.7 Å². The quantitative estimate of drug-likeness (QED) is 0.158. The molecule has 10 atom stereocenters. The summed E-state index contributed by atoms with van der Waals surface area (Å²) >= 11 is 0. The van der Waals surface area contributed by atoms with Crippen molar-refractivity contribution < 1.29 is 53.2 Å². The Morgan fingerprint density at radius 3 is 2.52 bits per heavy atom. The van der Waals surface area contributed by atoms with Crippen molar-refractivity contribution in [2.24, 2.45) is 0 Å². The second kappa shape index (κ2) is 10.9. The van der Waals surface area contributed by atoms with Gasteiger partial charge in [-0.3, -0.25) is 18.4 Å². The maximum atomic E-state index is 13.8. The number of phosphoric ester groups is 1. The number of fused-ring (bicyclic) bond motifs is 5. The van der Waals surface area contributed by atoms with E-state index in [1.54, 1.807) is 35.8 Å². The van der Waals surface area contributed by atoms with Crippen LogP contribution in [0.1, 0.15) is 19.7 Å². The lowest BCUT2D eigenvalue weighted by Crippen LogP contribution is -2.36. The molecule has 0 spiro atoms. The van der Waals surface area contributed by atoms with Gasteiger partial charge in [-0.25, -0.2) is 19.5 Å². The number of imidazole rings is 2. The standard InChI is InChI=1S/C23H28BN6O12P2/c1-10-27-20-15(21(33)28-10)26-9-30(20)23-19-16(31)13(39-23)6-38-44(35,36)42-18-14(7-37-43(24,34)41-19)40-22(17(18)32)29-8-25-11-4-2-3-5-12(11)29/h2-5,8-9,13-14,16-19,22-23,31-32H,6-7H2,1,24H3,(H,35,36)(H,27,28,33)/q-1/p+1/t13-,14-,16?,17+,18?,19+,22-,23-,43?/m1/s1. The molecule has 3 aliphatic rings. The number of benzene rings is 1. The summed E-state index contributed by atoms with van der Waals surface area (Å²) in [4.78, 5) is 38.3. The molecule has 0 aliphatic carbocycles. The number of nitrogens with zero attached hydrogens (tertiary/aromatic N) is 5. The van der Waals surface area contributed by atoms with Crippen LogP contribution < -0.4 is 5.56 Å². The van der Waals surface area contributed by atoms with Crippen LogP contribution in [-0.4, -0.2) is 102 Å². The first-order chi connectivity index (χ1) is 20.9. The van der Waals surface area contributed by atoms with Crippen molar-refractivity contribution in [1.82, 2.24) is 29.1 Å². The van der Waals surface area contributed by atoms with E-state index in [1.165, 1.54) is 17.2 Å². The van der Waals surface area contributed by atoms with Crippen molar-refractivity contribution in [2.45, 2.75) is 56.0 Å².